The standard InChI is InChI=1S/C20H26N2O6S/c1-14(2)22(20(23)21-16-7-9-17(26-3)10-8-16)13-15-6-11-18(27-4)19(12-15)28-29(5,24)25/h6-12,14H,13H2,1-5H3,(H,21,23). The number of methoxy groups -OCH3 is 2. The molecule has 0 saturated heterocycles. The van der Waals surface area contributed by atoms with Gasteiger partial charge in [-0.1, -0.05) is 6.07 Å². The van der Waals surface area contributed by atoms with Crippen molar-refractivity contribution >= 4 is 21.8 Å². The Balaban J connectivity index is 2.20. The molecule has 9 heteroatoms. The maximum atomic E-state index is 12.8. The van der Waals surface area contributed by atoms with E-state index in [0.29, 0.717) is 17.0 Å². The second-order valence-corrected chi connectivity index (χ2v) is 8.23. The first-order chi connectivity index (χ1) is 13.6. The van der Waals surface area contributed by atoms with Crippen LogP contribution in [0.5, 0.6) is 17.2 Å². The minimum absolute atomic E-state index is 0.0757. The lowest BCUT2D eigenvalue weighted by atomic mass is 10.1. The highest BCUT2D eigenvalue weighted by atomic mass is 32.2. The molecule has 2 aromatic carbocycles. The fourth-order valence-corrected chi connectivity index (χ4v) is 3.06. The van der Waals surface area contributed by atoms with Crippen LogP contribution in [0.1, 0.15) is 19.4 Å². The molecule has 0 unspecified atom stereocenters. The van der Waals surface area contributed by atoms with Crippen LogP contribution in [0.3, 0.4) is 0 Å². The second kappa shape index (κ2) is 9.51. The molecule has 0 aromatic heterocycles. The lowest BCUT2D eigenvalue weighted by Crippen LogP contribution is -2.39. The van der Waals surface area contributed by atoms with Gasteiger partial charge in [0.1, 0.15) is 5.75 Å². The molecule has 1 N–H and O–H groups in total. The van der Waals surface area contributed by atoms with Crippen molar-refractivity contribution in [2.75, 3.05) is 25.8 Å². The van der Waals surface area contributed by atoms with E-state index in [1.807, 2.05) is 13.8 Å². The summed E-state index contributed by atoms with van der Waals surface area (Å²) in [6.07, 6.45) is 0.960. The summed E-state index contributed by atoms with van der Waals surface area (Å²) in [6, 6.07) is 11.5. The molecule has 0 heterocycles. The van der Waals surface area contributed by atoms with E-state index < -0.39 is 10.1 Å². The Morgan fingerprint density at radius 1 is 1.03 bits per heavy atom. The minimum atomic E-state index is -3.72. The number of ether oxygens (including phenoxy) is 2. The van der Waals surface area contributed by atoms with Crippen molar-refractivity contribution in [3.63, 3.8) is 0 Å². The number of carbonyl (C=O) groups excluding carboxylic acids is 1. The Labute approximate surface area is 171 Å². The van der Waals surface area contributed by atoms with Gasteiger partial charge in [-0.05, 0) is 55.8 Å². The average molecular weight is 423 g/mol. The Hall–Kier alpha value is -2.94. The van der Waals surface area contributed by atoms with Crippen molar-refractivity contribution in [3.05, 3.63) is 48.0 Å². The Bertz CT molecular complexity index is 942. The summed E-state index contributed by atoms with van der Waals surface area (Å²) in [5.74, 6) is 1.06. The molecular formula is C20H26N2O6S. The average Bonchev–Trinajstić information content (AvgIpc) is 2.65. The third-order valence-corrected chi connectivity index (χ3v) is 4.53. The van der Waals surface area contributed by atoms with Crippen LogP contribution < -0.4 is 19.0 Å². The van der Waals surface area contributed by atoms with Crippen LogP contribution >= 0.6 is 0 Å². The second-order valence-electron chi connectivity index (χ2n) is 6.65. The highest BCUT2D eigenvalue weighted by molar-refractivity contribution is 7.86. The summed E-state index contributed by atoms with van der Waals surface area (Å²) in [6.45, 7) is 4.04. The highest BCUT2D eigenvalue weighted by Gasteiger charge is 2.19. The fourth-order valence-electron chi connectivity index (χ4n) is 2.60. The third-order valence-electron chi connectivity index (χ3n) is 4.05. The van der Waals surface area contributed by atoms with Crippen LogP contribution in [0.15, 0.2) is 42.5 Å². The molecule has 2 aromatic rings. The number of hydrogen-bond acceptors (Lipinski definition) is 6. The zero-order valence-electron chi connectivity index (χ0n) is 17.1. The van der Waals surface area contributed by atoms with Crippen molar-refractivity contribution in [1.82, 2.24) is 4.90 Å². The van der Waals surface area contributed by atoms with E-state index in [1.54, 1.807) is 54.5 Å². The van der Waals surface area contributed by atoms with E-state index in [9.17, 15) is 13.2 Å². The van der Waals surface area contributed by atoms with E-state index in [1.165, 1.54) is 7.11 Å². The van der Waals surface area contributed by atoms with Gasteiger partial charge >= 0.3 is 16.1 Å². The molecule has 0 spiro atoms. The van der Waals surface area contributed by atoms with Crippen LogP contribution in [0.4, 0.5) is 10.5 Å². The van der Waals surface area contributed by atoms with Crippen LogP contribution in [0, 0.1) is 0 Å². The number of rotatable bonds is 8. The summed E-state index contributed by atoms with van der Waals surface area (Å²) in [7, 11) is -0.720. The molecule has 0 bridgehead atoms. The molecule has 8 nitrogen and oxygen atoms in total. The molecule has 0 radical (unpaired) electrons. The summed E-state index contributed by atoms with van der Waals surface area (Å²) >= 11 is 0. The Kier molecular flexibility index (Phi) is 7.33. The summed E-state index contributed by atoms with van der Waals surface area (Å²) in [5, 5.41) is 2.85. The van der Waals surface area contributed by atoms with Crippen LogP contribution in [0.25, 0.3) is 0 Å². The first-order valence-electron chi connectivity index (χ1n) is 8.91. The van der Waals surface area contributed by atoms with Crippen molar-refractivity contribution in [1.29, 1.82) is 0 Å². The zero-order valence-corrected chi connectivity index (χ0v) is 17.9. The quantitative estimate of drug-likeness (QED) is 0.655. The summed E-state index contributed by atoms with van der Waals surface area (Å²) in [4.78, 5) is 14.4. The molecule has 2 amide bonds. The maximum Gasteiger partial charge on any atom is 0.322 e. The van der Waals surface area contributed by atoms with E-state index in [2.05, 4.69) is 5.32 Å². The van der Waals surface area contributed by atoms with Gasteiger partial charge in [0, 0.05) is 18.3 Å². The highest BCUT2D eigenvalue weighted by Crippen LogP contribution is 2.30. The molecule has 158 valence electrons. The monoisotopic (exact) mass is 422 g/mol. The number of nitrogens with zero attached hydrogens (tertiary/aromatic N) is 1. The number of hydrogen-bond donors (Lipinski definition) is 1. The zero-order chi connectivity index (χ0) is 21.6. The normalized spacial score (nSPS) is 11.1. The lowest BCUT2D eigenvalue weighted by molar-refractivity contribution is 0.193. The van der Waals surface area contributed by atoms with Crippen molar-refractivity contribution in [2.45, 2.75) is 26.4 Å². The minimum Gasteiger partial charge on any atom is -0.497 e. The number of benzene rings is 2. The lowest BCUT2D eigenvalue weighted by Gasteiger charge is -2.27. The number of anilines is 1. The van der Waals surface area contributed by atoms with Gasteiger partial charge in [-0.15, -0.1) is 0 Å². The Morgan fingerprint density at radius 2 is 1.69 bits per heavy atom. The predicted octanol–water partition coefficient (Wildman–Crippen LogP) is 3.48. The van der Waals surface area contributed by atoms with E-state index in [-0.39, 0.29) is 30.1 Å². The first kappa shape index (κ1) is 22.4. The maximum absolute atomic E-state index is 12.8. The molecule has 0 aliphatic carbocycles. The number of amides is 2. The van der Waals surface area contributed by atoms with Gasteiger partial charge in [-0.25, -0.2) is 4.79 Å². The van der Waals surface area contributed by atoms with Crippen LogP contribution in [-0.4, -0.2) is 45.9 Å². The molecule has 0 aliphatic heterocycles. The van der Waals surface area contributed by atoms with Gasteiger partial charge in [-0.2, -0.15) is 8.42 Å². The van der Waals surface area contributed by atoms with Gasteiger partial charge < -0.3 is 23.9 Å². The molecule has 29 heavy (non-hydrogen) atoms. The van der Waals surface area contributed by atoms with Gasteiger partial charge in [0.05, 0.1) is 20.5 Å². The molecule has 0 aliphatic rings. The van der Waals surface area contributed by atoms with Crippen molar-refractivity contribution in [3.8, 4) is 17.2 Å². The van der Waals surface area contributed by atoms with Gasteiger partial charge in [0.25, 0.3) is 0 Å². The summed E-state index contributed by atoms with van der Waals surface area (Å²) < 4.78 is 38.3. The summed E-state index contributed by atoms with van der Waals surface area (Å²) in [5.41, 5.74) is 1.33. The van der Waals surface area contributed by atoms with Gasteiger partial charge in [-0.3, -0.25) is 0 Å². The number of nitrogens with one attached hydrogen (secondary N) is 1. The molecule has 2 rings (SSSR count). The smallest absolute Gasteiger partial charge is 0.322 e. The predicted molar refractivity (Wildman–Crippen MR) is 111 cm³/mol. The first-order valence-corrected chi connectivity index (χ1v) is 10.7. The number of carbonyl (C=O) groups is 1. The Morgan fingerprint density at radius 3 is 2.21 bits per heavy atom. The third kappa shape index (κ3) is 6.56. The van der Waals surface area contributed by atoms with Gasteiger partial charge in [0.2, 0.25) is 0 Å². The van der Waals surface area contributed by atoms with E-state index >= 15 is 0 Å². The molecule has 0 saturated carbocycles. The van der Waals surface area contributed by atoms with Crippen LogP contribution in [0.2, 0.25) is 0 Å². The SMILES string of the molecule is COc1ccc(NC(=O)N(Cc2ccc(OC)c(OS(C)(=O)=O)c2)C(C)C)cc1. The topological polar surface area (TPSA) is 94.2 Å². The largest absolute Gasteiger partial charge is 0.497 e. The molecule has 0 fully saturated rings. The molecule has 0 atom stereocenters. The van der Waals surface area contributed by atoms with Gasteiger partial charge in [0.15, 0.2) is 11.5 Å². The van der Waals surface area contributed by atoms with Crippen molar-refractivity contribution in [2.24, 2.45) is 0 Å². The van der Waals surface area contributed by atoms with Crippen molar-refractivity contribution < 1.29 is 26.9 Å². The molecular weight excluding hydrogens is 396 g/mol. The van der Waals surface area contributed by atoms with Crippen LogP contribution in [-0.2, 0) is 16.7 Å². The number of urea groups is 1. The van der Waals surface area contributed by atoms with E-state index in [0.717, 1.165) is 6.26 Å². The van der Waals surface area contributed by atoms with E-state index in [4.69, 9.17) is 13.7 Å². The fraction of sp³-hybridized carbons (Fsp3) is 0.350.